The molecule has 4 nitrogen and oxygen atoms in total. The number of ether oxygens (including phenoxy) is 2. The number of piperidine rings is 1. The highest BCUT2D eigenvalue weighted by atomic mass is 16.5. The van der Waals surface area contributed by atoms with Gasteiger partial charge in [-0.15, -0.1) is 0 Å². The lowest BCUT2D eigenvalue weighted by atomic mass is 10.00. The van der Waals surface area contributed by atoms with Gasteiger partial charge in [-0.25, -0.2) is 0 Å². The first kappa shape index (κ1) is 15.7. The van der Waals surface area contributed by atoms with Crippen molar-refractivity contribution in [1.82, 2.24) is 5.01 Å². The monoisotopic (exact) mass is 290 g/mol. The van der Waals surface area contributed by atoms with Gasteiger partial charge in [-0.05, 0) is 52.2 Å². The smallest absolute Gasteiger partial charge is 0.131 e. The molecule has 1 fully saturated rings. The van der Waals surface area contributed by atoms with E-state index in [1.165, 1.54) is 19.3 Å². The minimum Gasteiger partial charge on any atom is -0.497 e. The molecular weight excluding hydrogens is 264 g/mol. The van der Waals surface area contributed by atoms with Crippen molar-refractivity contribution >= 4 is 5.71 Å². The van der Waals surface area contributed by atoms with Gasteiger partial charge < -0.3 is 9.47 Å². The number of methoxy groups -OCH3 is 2. The first-order chi connectivity index (χ1) is 10.1. The van der Waals surface area contributed by atoms with Crippen molar-refractivity contribution in [3.05, 3.63) is 23.8 Å². The summed E-state index contributed by atoms with van der Waals surface area (Å²) in [6.07, 6.45) is 3.71. The highest BCUT2D eigenvalue weighted by molar-refractivity contribution is 6.01. The van der Waals surface area contributed by atoms with Gasteiger partial charge in [-0.2, -0.15) is 5.10 Å². The number of hydrogen-bond acceptors (Lipinski definition) is 4. The van der Waals surface area contributed by atoms with Crippen LogP contribution in [0.4, 0.5) is 0 Å². The number of nitrogens with zero attached hydrogens (tertiary/aromatic N) is 2. The molecule has 1 aromatic carbocycles. The van der Waals surface area contributed by atoms with E-state index in [1.807, 2.05) is 25.1 Å². The normalized spacial score (nSPS) is 23.1. The Kier molecular flexibility index (Phi) is 5.10. The predicted octanol–water partition coefficient (Wildman–Crippen LogP) is 3.69. The van der Waals surface area contributed by atoms with Crippen molar-refractivity contribution in [2.45, 2.75) is 52.1 Å². The van der Waals surface area contributed by atoms with Crippen molar-refractivity contribution in [3.63, 3.8) is 0 Å². The van der Waals surface area contributed by atoms with Gasteiger partial charge >= 0.3 is 0 Å². The SMILES string of the molecule is COc1ccc(/C(C)=N\N2[C@@H](C)CCC[C@@H]2C)c(OC)c1. The molecule has 1 heterocycles. The van der Waals surface area contributed by atoms with Crippen molar-refractivity contribution in [2.24, 2.45) is 5.10 Å². The lowest BCUT2D eigenvalue weighted by Gasteiger charge is -2.37. The fourth-order valence-corrected chi connectivity index (χ4v) is 2.93. The van der Waals surface area contributed by atoms with Gasteiger partial charge in [0.05, 0.1) is 19.9 Å². The maximum Gasteiger partial charge on any atom is 0.131 e. The fraction of sp³-hybridized carbons (Fsp3) is 0.588. The third-order valence-corrected chi connectivity index (χ3v) is 4.21. The molecular formula is C17H26N2O2. The Morgan fingerprint density at radius 2 is 1.81 bits per heavy atom. The predicted molar refractivity (Wildman–Crippen MR) is 86.4 cm³/mol. The summed E-state index contributed by atoms with van der Waals surface area (Å²) < 4.78 is 10.7. The van der Waals surface area contributed by atoms with E-state index < -0.39 is 0 Å². The van der Waals surface area contributed by atoms with E-state index in [4.69, 9.17) is 14.6 Å². The van der Waals surface area contributed by atoms with Gasteiger partial charge in [-0.1, -0.05) is 0 Å². The molecule has 21 heavy (non-hydrogen) atoms. The van der Waals surface area contributed by atoms with Gasteiger partial charge in [0, 0.05) is 23.7 Å². The molecule has 0 spiro atoms. The van der Waals surface area contributed by atoms with Crippen LogP contribution < -0.4 is 9.47 Å². The van der Waals surface area contributed by atoms with E-state index >= 15 is 0 Å². The minimum atomic E-state index is 0.493. The molecule has 1 saturated heterocycles. The zero-order valence-corrected chi connectivity index (χ0v) is 13.7. The summed E-state index contributed by atoms with van der Waals surface area (Å²) in [5, 5.41) is 7.10. The Balaban J connectivity index is 2.29. The van der Waals surface area contributed by atoms with Crippen molar-refractivity contribution in [1.29, 1.82) is 0 Å². The van der Waals surface area contributed by atoms with Crippen LogP contribution in [0, 0.1) is 0 Å². The van der Waals surface area contributed by atoms with Gasteiger partial charge in [0.25, 0.3) is 0 Å². The van der Waals surface area contributed by atoms with Crippen LogP contribution in [0.1, 0.15) is 45.6 Å². The second-order valence-corrected chi connectivity index (χ2v) is 5.76. The molecule has 1 aliphatic heterocycles. The van der Waals surface area contributed by atoms with Gasteiger partial charge in [0.15, 0.2) is 0 Å². The van der Waals surface area contributed by atoms with Crippen molar-refractivity contribution in [2.75, 3.05) is 14.2 Å². The van der Waals surface area contributed by atoms with E-state index in [0.29, 0.717) is 12.1 Å². The highest BCUT2D eigenvalue weighted by Crippen LogP contribution is 2.27. The lowest BCUT2D eigenvalue weighted by molar-refractivity contribution is 0.108. The molecule has 116 valence electrons. The maximum absolute atomic E-state index is 5.47. The molecule has 2 atom stereocenters. The first-order valence-electron chi connectivity index (χ1n) is 7.62. The highest BCUT2D eigenvalue weighted by Gasteiger charge is 2.23. The third-order valence-electron chi connectivity index (χ3n) is 4.21. The Hall–Kier alpha value is -1.71. The van der Waals surface area contributed by atoms with Crippen LogP contribution in [0.3, 0.4) is 0 Å². The van der Waals surface area contributed by atoms with E-state index in [1.54, 1.807) is 14.2 Å². The third kappa shape index (κ3) is 3.49. The maximum atomic E-state index is 5.47. The largest absolute Gasteiger partial charge is 0.497 e. The molecule has 0 saturated carbocycles. The summed E-state index contributed by atoms with van der Waals surface area (Å²) in [6.45, 7) is 6.54. The Labute approximate surface area is 127 Å². The fourth-order valence-electron chi connectivity index (χ4n) is 2.93. The lowest BCUT2D eigenvalue weighted by Crippen LogP contribution is -2.40. The summed E-state index contributed by atoms with van der Waals surface area (Å²) >= 11 is 0. The van der Waals surface area contributed by atoms with E-state index in [2.05, 4.69) is 18.9 Å². The topological polar surface area (TPSA) is 34.1 Å². The quantitative estimate of drug-likeness (QED) is 0.793. The summed E-state index contributed by atoms with van der Waals surface area (Å²) in [7, 11) is 3.34. The molecule has 0 aliphatic carbocycles. The Morgan fingerprint density at radius 3 is 2.38 bits per heavy atom. The number of rotatable bonds is 4. The second-order valence-electron chi connectivity index (χ2n) is 5.76. The molecule has 0 radical (unpaired) electrons. The summed E-state index contributed by atoms with van der Waals surface area (Å²) in [5.41, 5.74) is 2.00. The molecule has 2 rings (SSSR count). The van der Waals surface area contributed by atoms with Crippen LogP contribution in [-0.2, 0) is 0 Å². The minimum absolute atomic E-state index is 0.493. The molecule has 1 aliphatic rings. The average molecular weight is 290 g/mol. The van der Waals surface area contributed by atoms with E-state index in [9.17, 15) is 0 Å². The first-order valence-corrected chi connectivity index (χ1v) is 7.62. The Bertz CT molecular complexity index is 504. The number of benzene rings is 1. The average Bonchev–Trinajstić information content (AvgIpc) is 2.50. The molecule has 0 amide bonds. The standard InChI is InChI=1S/C17H26N2O2/c1-12-7-6-8-13(2)19(12)18-14(3)16-10-9-15(20-4)11-17(16)21-5/h9-13H,6-8H2,1-5H3/b18-14-/t12-,13-/m0/s1. The summed E-state index contributed by atoms with van der Waals surface area (Å²) in [6, 6.07) is 6.84. The number of hydrogen-bond donors (Lipinski definition) is 0. The Morgan fingerprint density at radius 1 is 1.14 bits per heavy atom. The molecule has 0 unspecified atom stereocenters. The number of hydrazone groups is 1. The zero-order valence-electron chi connectivity index (χ0n) is 13.7. The summed E-state index contributed by atoms with van der Waals surface area (Å²) in [4.78, 5) is 0. The van der Waals surface area contributed by atoms with Crippen LogP contribution in [0.2, 0.25) is 0 Å². The van der Waals surface area contributed by atoms with Gasteiger partial charge in [0.1, 0.15) is 11.5 Å². The molecule has 0 bridgehead atoms. The molecule has 0 aromatic heterocycles. The van der Waals surface area contributed by atoms with Crippen LogP contribution >= 0.6 is 0 Å². The molecule has 4 heteroatoms. The molecule has 1 aromatic rings. The molecule has 0 N–H and O–H groups in total. The van der Waals surface area contributed by atoms with E-state index in [0.717, 1.165) is 22.8 Å². The summed E-state index contributed by atoms with van der Waals surface area (Å²) in [5.74, 6) is 1.59. The van der Waals surface area contributed by atoms with Crippen LogP contribution in [0.25, 0.3) is 0 Å². The van der Waals surface area contributed by atoms with Crippen LogP contribution in [-0.4, -0.2) is 37.0 Å². The zero-order chi connectivity index (χ0) is 15.4. The second kappa shape index (κ2) is 6.83. The van der Waals surface area contributed by atoms with Crippen molar-refractivity contribution in [3.8, 4) is 11.5 Å². The van der Waals surface area contributed by atoms with Gasteiger partial charge in [0.2, 0.25) is 0 Å². The van der Waals surface area contributed by atoms with Crippen molar-refractivity contribution < 1.29 is 9.47 Å². The van der Waals surface area contributed by atoms with Gasteiger partial charge in [-0.3, -0.25) is 5.01 Å². The van der Waals surface area contributed by atoms with Crippen LogP contribution in [0.15, 0.2) is 23.3 Å². The van der Waals surface area contributed by atoms with Crippen LogP contribution in [0.5, 0.6) is 11.5 Å². The van der Waals surface area contributed by atoms with E-state index in [-0.39, 0.29) is 0 Å².